The number of benzene rings is 3. The number of rotatable bonds is 3. The van der Waals surface area contributed by atoms with E-state index in [-0.39, 0.29) is 11.0 Å². The number of nitrogens with one attached hydrogen (secondary N) is 2. The highest BCUT2D eigenvalue weighted by Gasteiger charge is 2.10. The zero-order valence-corrected chi connectivity index (χ0v) is 15.8. The van der Waals surface area contributed by atoms with Crippen LogP contribution in [0.4, 0.5) is 5.69 Å². The second kappa shape index (κ2) is 8.32. The van der Waals surface area contributed by atoms with Gasteiger partial charge < -0.3 is 5.32 Å². The van der Waals surface area contributed by atoms with Crippen molar-refractivity contribution in [2.75, 3.05) is 5.32 Å². The van der Waals surface area contributed by atoms with Crippen molar-refractivity contribution in [3.63, 3.8) is 0 Å². The molecule has 0 unspecified atom stereocenters. The van der Waals surface area contributed by atoms with Crippen molar-refractivity contribution >= 4 is 52.1 Å². The fourth-order valence-electron chi connectivity index (χ4n) is 2.38. The predicted molar refractivity (Wildman–Crippen MR) is 112 cm³/mol. The summed E-state index contributed by atoms with van der Waals surface area (Å²) in [6.07, 6.45) is 0. The molecule has 0 spiro atoms. The summed E-state index contributed by atoms with van der Waals surface area (Å²) in [6, 6.07) is 22.4. The molecule has 0 atom stereocenters. The third-order valence-electron chi connectivity index (χ3n) is 3.64. The minimum atomic E-state index is -0.361. The van der Waals surface area contributed by atoms with Gasteiger partial charge in [0.05, 0.1) is 10.0 Å². The molecule has 26 heavy (non-hydrogen) atoms. The Morgan fingerprint density at radius 3 is 2.27 bits per heavy atom. The molecular weight excluding hydrogens is 387 g/mol. The van der Waals surface area contributed by atoms with Gasteiger partial charge in [-0.25, -0.2) is 0 Å². The Bertz CT molecular complexity index is 961. The van der Waals surface area contributed by atoms with Crippen molar-refractivity contribution < 1.29 is 4.79 Å². The highest BCUT2D eigenvalue weighted by atomic mass is 35.5. The van der Waals surface area contributed by atoms with E-state index < -0.39 is 0 Å². The van der Waals surface area contributed by atoms with Gasteiger partial charge in [0.2, 0.25) is 0 Å². The van der Waals surface area contributed by atoms with Crippen LogP contribution in [0.1, 0.15) is 10.4 Å². The average Bonchev–Trinajstić information content (AvgIpc) is 2.64. The molecule has 1 amide bonds. The molecule has 3 nitrogen and oxygen atoms in total. The molecule has 0 aliphatic carbocycles. The summed E-state index contributed by atoms with van der Waals surface area (Å²) in [5, 5.41) is 6.55. The first kappa shape index (κ1) is 18.4. The Labute approximate surface area is 167 Å². The van der Waals surface area contributed by atoms with Gasteiger partial charge in [-0.3, -0.25) is 10.1 Å². The Hall–Kier alpha value is -2.40. The molecule has 130 valence electrons. The summed E-state index contributed by atoms with van der Waals surface area (Å²) in [7, 11) is 0. The monoisotopic (exact) mass is 400 g/mol. The lowest BCUT2D eigenvalue weighted by Gasteiger charge is -2.11. The molecule has 2 N–H and O–H groups in total. The summed E-state index contributed by atoms with van der Waals surface area (Å²) >= 11 is 17.0. The first-order valence-corrected chi connectivity index (χ1v) is 8.92. The summed E-state index contributed by atoms with van der Waals surface area (Å²) in [5.41, 5.74) is 3.31. The van der Waals surface area contributed by atoms with Crippen molar-refractivity contribution in [3.05, 3.63) is 88.4 Å². The van der Waals surface area contributed by atoms with Crippen molar-refractivity contribution in [3.8, 4) is 11.1 Å². The van der Waals surface area contributed by atoms with E-state index in [0.29, 0.717) is 15.6 Å². The summed E-state index contributed by atoms with van der Waals surface area (Å²) in [5.74, 6) is -0.361. The molecule has 0 aliphatic heterocycles. The van der Waals surface area contributed by atoms with Crippen LogP contribution in [0.25, 0.3) is 11.1 Å². The highest BCUT2D eigenvalue weighted by Crippen LogP contribution is 2.23. The van der Waals surface area contributed by atoms with Gasteiger partial charge in [0.25, 0.3) is 5.91 Å². The molecule has 0 bridgehead atoms. The van der Waals surface area contributed by atoms with Crippen LogP contribution in [-0.4, -0.2) is 11.0 Å². The molecule has 0 saturated heterocycles. The van der Waals surface area contributed by atoms with Crippen molar-refractivity contribution in [1.29, 1.82) is 0 Å². The quantitative estimate of drug-likeness (QED) is 0.546. The van der Waals surface area contributed by atoms with Crippen molar-refractivity contribution in [1.82, 2.24) is 5.32 Å². The maximum absolute atomic E-state index is 12.3. The second-order valence-electron chi connectivity index (χ2n) is 5.48. The smallest absolute Gasteiger partial charge is 0.257 e. The van der Waals surface area contributed by atoms with E-state index in [4.69, 9.17) is 35.4 Å². The Balaban J connectivity index is 1.68. The third-order valence-corrected chi connectivity index (χ3v) is 4.58. The Kier molecular flexibility index (Phi) is 5.89. The van der Waals surface area contributed by atoms with Crippen LogP contribution in [0, 0.1) is 0 Å². The largest absolute Gasteiger partial charge is 0.332 e. The van der Waals surface area contributed by atoms with Crippen molar-refractivity contribution in [2.45, 2.75) is 0 Å². The second-order valence-corrected chi connectivity index (χ2v) is 6.71. The molecule has 0 aromatic heterocycles. The van der Waals surface area contributed by atoms with Gasteiger partial charge >= 0.3 is 0 Å². The van der Waals surface area contributed by atoms with Gasteiger partial charge in [0.15, 0.2) is 5.11 Å². The van der Waals surface area contributed by atoms with Gasteiger partial charge in [0, 0.05) is 11.3 Å². The summed E-state index contributed by atoms with van der Waals surface area (Å²) in [6.45, 7) is 0. The SMILES string of the molecule is O=C(NC(=S)Nc1cccc(-c2ccccc2)c1)c1ccc(Cl)c(Cl)c1. The van der Waals surface area contributed by atoms with Crippen LogP contribution in [0.5, 0.6) is 0 Å². The number of thiocarbonyl (C=S) groups is 1. The van der Waals surface area contributed by atoms with Gasteiger partial charge in [-0.1, -0.05) is 65.7 Å². The van der Waals surface area contributed by atoms with Crippen molar-refractivity contribution in [2.24, 2.45) is 0 Å². The first-order chi connectivity index (χ1) is 12.5. The van der Waals surface area contributed by atoms with Crippen LogP contribution in [0.3, 0.4) is 0 Å². The number of carbonyl (C=O) groups excluding carboxylic acids is 1. The van der Waals surface area contributed by atoms with E-state index in [1.807, 2.05) is 54.6 Å². The molecule has 0 aliphatic rings. The lowest BCUT2D eigenvalue weighted by molar-refractivity contribution is 0.0978. The first-order valence-electron chi connectivity index (χ1n) is 7.76. The molecule has 0 fully saturated rings. The van der Waals surface area contributed by atoms with E-state index in [1.54, 1.807) is 12.1 Å². The zero-order valence-electron chi connectivity index (χ0n) is 13.5. The molecule has 0 radical (unpaired) electrons. The maximum atomic E-state index is 12.3. The van der Waals surface area contributed by atoms with Gasteiger partial charge in [-0.2, -0.15) is 0 Å². The Morgan fingerprint density at radius 1 is 0.808 bits per heavy atom. The average molecular weight is 401 g/mol. The van der Waals surface area contributed by atoms with E-state index >= 15 is 0 Å². The normalized spacial score (nSPS) is 10.2. The minimum absolute atomic E-state index is 0.200. The molecule has 3 rings (SSSR count). The fraction of sp³-hybridized carbons (Fsp3) is 0. The number of anilines is 1. The maximum Gasteiger partial charge on any atom is 0.257 e. The number of carbonyl (C=O) groups is 1. The van der Waals surface area contributed by atoms with E-state index in [9.17, 15) is 4.79 Å². The van der Waals surface area contributed by atoms with Crippen LogP contribution < -0.4 is 10.6 Å². The molecule has 0 heterocycles. The van der Waals surface area contributed by atoms with E-state index in [1.165, 1.54) is 6.07 Å². The summed E-state index contributed by atoms with van der Waals surface area (Å²) < 4.78 is 0. The van der Waals surface area contributed by atoms with E-state index in [2.05, 4.69) is 10.6 Å². The number of amides is 1. The Morgan fingerprint density at radius 2 is 1.54 bits per heavy atom. The standard InChI is InChI=1S/C20H14Cl2N2OS/c21-17-10-9-15(12-18(17)22)19(25)24-20(26)23-16-8-4-7-14(11-16)13-5-2-1-3-6-13/h1-12H,(H2,23,24,25,26). The van der Waals surface area contributed by atoms with Crippen LogP contribution in [0.15, 0.2) is 72.8 Å². The lowest BCUT2D eigenvalue weighted by Crippen LogP contribution is -2.34. The van der Waals surface area contributed by atoms with Crippen LogP contribution >= 0.6 is 35.4 Å². The molecule has 3 aromatic rings. The third kappa shape index (κ3) is 4.61. The number of hydrogen-bond acceptors (Lipinski definition) is 2. The zero-order chi connectivity index (χ0) is 18.5. The molecule has 6 heteroatoms. The number of hydrogen-bond donors (Lipinski definition) is 2. The number of halogens is 2. The van der Waals surface area contributed by atoms with Gasteiger partial charge in [-0.05, 0) is 53.7 Å². The highest BCUT2D eigenvalue weighted by molar-refractivity contribution is 7.80. The van der Waals surface area contributed by atoms with Crippen LogP contribution in [0.2, 0.25) is 10.0 Å². The van der Waals surface area contributed by atoms with Gasteiger partial charge in [0.1, 0.15) is 0 Å². The van der Waals surface area contributed by atoms with Crippen LogP contribution in [-0.2, 0) is 0 Å². The molecular formula is C20H14Cl2N2OS. The fourth-order valence-corrected chi connectivity index (χ4v) is 2.89. The lowest BCUT2D eigenvalue weighted by atomic mass is 10.1. The van der Waals surface area contributed by atoms with Gasteiger partial charge in [-0.15, -0.1) is 0 Å². The summed E-state index contributed by atoms with van der Waals surface area (Å²) in [4.78, 5) is 12.3. The predicted octanol–water partition coefficient (Wildman–Crippen LogP) is 5.79. The van der Waals surface area contributed by atoms with E-state index in [0.717, 1.165) is 16.8 Å². The molecule has 0 saturated carbocycles. The molecule has 3 aromatic carbocycles. The minimum Gasteiger partial charge on any atom is -0.332 e. The topological polar surface area (TPSA) is 41.1 Å².